The third-order valence-electron chi connectivity index (χ3n) is 6.81. The van der Waals surface area contributed by atoms with Crippen LogP contribution in [0.1, 0.15) is 65.2 Å². The van der Waals surface area contributed by atoms with E-state index in [1.807, 2.05) is 0 Å². The van der Waals surface area contributed by atoms with Gasteiger partial charge in [-0.2, -0.15) is 0 Å². The van der Waals surface area contributed by atoms with E-state index >= 15 is 0 Å². The first-order valence-electron chi connectivity index (χ1n) is 10.2. The van der Waals surface area contributed by atoms with Crippen LogP contribution in [0.4, 0.5) is 0 Å². The molecule has 5 fully saturated rings. The van der Waals surface area contributed by atoms with Crippen LogP contribution in [-0.4, -0.2) is 36.0 Å². The number of esters is 1. The highest BCUT2D eigenvalue weighted by atomic mass is 16.5. The molecular formula is C20H30N2O4. The van der Waals surface area contributed by atoms with E-state index in [1.54, 1.807) is 13.8 Å². The summed E-state index contributed by atoms with van der Waals surface area (Å²) in [4.78, 5) is 37.2. The molecule has 144 valence electrons. The van der Waals surface area contributed by atoms with Crippen molar-refractivity contribution in [3.63, 3.8) is 0 Å². The molecule has 6 heteroatoms. The molecule has 2 atom stereocenters. The number of hydrogen-bond donors (Lipinski definition) is 2. The number of hydrogen-bond acceptors (Lipinski definition) is 4. The maximum Gasteiger partial charge on any atom is 0.329 e. The van der Waals surface area contributed by atoms with Gasteiger partial charge in [0.2, 0.25) is 5.91 Å². The van der Waals surface area contributed by atoms with Crippen LogP contribution < -0.4 is 10.6 Å². The average Bonchev–Trinajstić information content (AvgIpc) is 3.37. The molecule has 0 aliphatic heterocycles. The van der Waals surface area contributed by atoms with Crippen LogP contribution in [0.25, 0.3) is 0 Å². The summed E-state index contributed by atoms with van der Waals surface area (Å²) >= 11 is 0. The third-order valence-corrected chi connectivity index (χ3v) is 6.81. The second-order valence-corrected chi connectivity index (χ2v) is 9.26. The normalized spacial score (nSPS) is 36.9. The van der Waals surface area contributed by atoms with Crippen molar-refractivity contribution < 1.29 is 19.1 Å². The average molecular weight is 362 g/mol. The molecule has 5 aliphatic rings. The Balaban J connectivity index is 1.31. The lowest BCUT2D eigenvalue weighted by molar-refractivity contribution is -0.159. The molecule has 5 rings (SSSR count). The van der Waals surface area contributed by atoms with Crippen molar-refractivity contribution >= 4 is 17.8 Å². The molecule has 5 saturated carbocycles. The number of carbonyl (C=O) groups excluding carboxylic acids is 3. The van der Waals surface area contributed by atoms with Crippen molar-refractivity contribution in [1.29, 1.82) is 0 Å². The van der Waals surface area contributed by atoms with Gasteiger partial charge in [-0.15, -0.1) is 0 Å². The van der Waals surface area contributed by atoms with Crippen LogP contribution in [0.5, 0.6) is 0 Å². The Bertz CT molecular complexity index is 578. The molecule has 2 amide bonds. The number of ether oxygens (including phenoxy) is 1. The molecule has 2 N–H and O–H groups in total. The molecule has 26 heavy (non-hydrogen) atoms. The van der Waals surface area contributed by atoms with Gasteiger partial charge in [0.15, 0.2) is 6.10 Å². The molecule has 6 nitrogen and oxygen atoms in total. The first-order chi connectivity index (χ1) is 12.3. The molecule has 4 bridgehead atoms. The minimum absolute atomic E-state index is 0.0103. The van der Waals surface area contributed by atoms with Crippen LogP contribution in [0.3, 0.4) is 0 Å². The summed E-state index contributed by atoms with van der Waals surface area (Å²) in [5, 5.41) is 5.71. The lowest BCUT2D eigenvalue weighted by Gasteiger charge is -2.55. The fourth-order valence-electron chi connectivity index (χ4n) is 5.67. The van der Waals surface area contributed by atoms with Crippen LogP contribution in [-0.2, 0) is 19.1 Å². The van der Waals surface area contributed by atoms with Crippen LogP contribution >= 0.6 is 0 Å². The number of carbonyl (C=O) groups is 3. The maximum absolute atomic E-state index is 13.0. The predicted octanol–water partition coefficient (Wildman–Crippen LogP) is 1.92. The summed E-state index contributed by atoms with van der Waals surface area (Å²) in [7, 11) is 0. The van der Waals surface area contributed by atoms with Gasteiger partial charge in [0.05, 0.1) is 0 Å². The highest BCUT2D eigenvalue weighted by Gasteiger charge is 2.54. The third kappa shape index (κ3) is 3.47. The van der Waals surface area contributed by atoms with Gasteiger partial charge >= 0.3 is 5.97 Å². The zero-order valence-electron chi connectivity index (χ0n) is 15.8. The SMILES string of the molecule is C[C@H](NC(=O)C12CC3CC(CC(C3)C1)C2)C(=O)O[C@H](C)C(=O)NC1CC1. The van der Waals surface area contributed by atoms with Gasteiger partial charge in [-0.3, -0.25) is 9.59 Å². The molecular weight excluding hydrogens is 332 g/mol. The molecule has 5 aliphatic carbocycles. The van der Waals surface area contributed by atoms with E-state index in [2.05, 4.69) is 10.6 Å². The molecule has 0 saturated heterocycles. The zero-order valence-corrected chi connectivity index (χ0v) is 15.8. The fourth-order valence-corrected chi connectivity index (χ4v) is 5.67. The van der Waals surface area contributed by atoms with Gasteiger partial charge in [-0.1, -0.05) is 0 Å². The van der Waals surface area contributed by atoms with E-state index in [-0.39, 0.29) is 23.3 Å². The first-order valence-corrected chi connectivity index (χ1v) is 10.2. The summed E-state index contributed by atoms with van der Waals surface area (Å²) < 4.78 is 5.26. The largest absolute Gasteiger partial charge is 0.451 e. The second kappa shape index (κ2) is 6.54. The topological polar surface area (TPSA) is 84.5 Å². The second-order valence-electron chi connectivity index (χ2n) is 9.26. The Labute approximate surface area is 154 Å². The fraction of sp³-hybridized carbons (Fsp3) is 0.850. The van der Waals surface area contributed by atoms with Gasteiger partial charge in [0.25, 0.3) is 5.91 Å². The van der Waals surface area contributed by atoms with E-state index in [9.17, 15) is 14.4 Å². The van der Waals surface area contributed by atoms with Crippen molar-refractivity contribution in [3.8, 4) is 0 Å². The zero-order chi connectivity index (χ0) is 18.5. The minimum atomic E-state index is -0.831. The van der Waals surface area contributed by atoms with Crippen molar-refractivity contribution in [2.24, 2.45) is 23.2 Å². The van der Waals surface area contributed by atoms with Crippen LogP contribution in [0.2, 0.25) is 0 Å². The van der Waals surface area contributed by atoms with Crippen molar-refractivity contribution in [3.05, 3.63) is 0 Å². The Morgan fingerprint density at radius 2 is 1.50 bits per heavy atom. The smallest absolute Gasteiger partial charge is 0.329 e. The minimum Gasteiger partial charge on any atom is -0.451 e. The summed E-state index contributed by atoms with van der Waals surface area (Å²) in [5.74, 6) is 1.25. The van der Waals surface area contributed by atoms with E-state index in [4.69, 9.17) is 4.74 Å². The van der Waals surface area contributed by atoms with E-state index in [0.29, 0.717) is 17.8 Å². The van der Waals surface area contributed by atoms with Crippen LogP contribution in [0.15, 0.2) is 0 Å². The van der Waals surface area contributed by atoms with Gasteiger partial charge in [0.1, 0.15) is 6.04 Å². The van der Waals surface area contributed by atoms with Gasteiger partial charge in [-0.25, -0.2) is 4.79 Å². The van der Waals surface area contributed by atoms with Crippen molar-refractivity contribution in [2.75, 3.05) is 0 Å². The molecule has 0 spiro atoms. The summed E-state index contributed by atoms with van der Waals surface area (Å²) in [5.41, 5.74) is -0.280. The quantitative estimate of drug-likeness (QED) is 0.707. The standard InChI is InChI=1S/C20H30N2O4/c1-11(18(24)26-12(2)17(23)22-16-3-4-16)21-19(25)20-8-13-5-14(9-20)7-15(6-13)10-20/h11-16H,3-10H2,1-2H3,(H,21,25)(H,22,23)/t11-,12+,13?,14?,15?,20?/m0/s1. The summed E-state index contributed by atoms with van der Waals surface area (Å²) in [6.45, 7) is 3.22. The van der Waals surface area contributed by atoms with Gasteiger partial charge in [-0.05, 0) is 83.0 Å². The summed E-state index contributed by atoms with van der Waals surface area (Å²) in [6.07, 6.45) is 7.87. The molecule has 0 heterocycles. The predicted molar refractivity (Wildman–Crippen MR) is 94.9 cm³/mol. The Morgan fingerprint density at radius 1 is 0.962 bits per heavy atom. The number of nitrogens with one attached hydrogen (secondary N) is 2. The Kier molecular flexibility index (Phi) is 4.48. The first kappa shape index (κ1) is 17.8. The monoisotopic (exact) mass is 362 g/mol. The Hall–Kier alpha value is -1.59. The number of rotatable bonds is 6. The highest BCUT2D eigenvalue weighted by molar-refractivity contribution is 5.89. The molecule has 0 radical (unpaired) electrons. The lowest BCUT2D eigenvalue weighted by atomic mass is 9.49. The van der Waals surface area contributed by atoms with E-state index in [1.165, 1.54) is 19.3 Å². The summed E-state index contributed by atoms with van der Waals surface area (Å²) in [6, 6.07) is -0.497. The van der Waals surface area contributed by atoms with E-state index in [0.717, 1.165) is 32.1 Å². The van der Waals surface area contributed by atoms with Gasteiger partial charge in [0, 0.05) is 11.5 Å². The van der Waals surface area contributed by atoms with Gasteiger partial charge < -0.3 is 15.4 Å². The molecule has 0 aromatic rings. The van der Waals surface area contributed by atoms with Crippen LogP contribution in [0, 0.1) is 23.2 Å². The molecule has 0 aromatic carbocycles. The van der Waals surface area contributed by atoms with E-state index < -0.39 is 18.1 Å². The van der Waals surface area contributed by atoms with Crippen molar-refractivity contribution in [1.82, 2.24) is 10.6 Å². The lowest BCUT2D eigenvalue weighted by Crippen LogP contribution is -2.56. The molecule has 0 unspecified atom stereocenters. The Morgan fingerprint density at radius 3 is 2.00 bits per heavy atom. The maximum atomic E-state index is 13.0. The highest BCUT2D eigenvalue weighted by Crippen LogP contribution is 2.60. The van der Waals surface area contributed by atoms with Crippen molar-refractivity contribution in [2.45, 2.75) is 83.4 Å². The molecule has 0 aromatic heterocycles. The number of amides is 2.